The minimum atomic E-state index is -0.514. The maximum absolute atomic E-state index is 6.49. The summed E-state index contributed by atoms with van der Waals surface area (Å²) in [6, 6.07) is 76.0. The van der Waals surface area contributed by atoms with Crippen LogP contribution in [0.2, 0.25) is 0 Å². The standard InChI is InChI=1S/C55H34O/c1-3-17-42(18-4-1)55(43-19-5-2-6-20-43)48-23-10-9-21-46(48)54-49(55)34-41-32-38(27-29-44(41)53(54)40-26-25-35-13-7-8-14-37(35)31-40)39-28-30-50-47(33-39)45-22-11-15-36-16-12-24-51(56-50)52(36)45/h1-34H. The van der Waals surface area contributed by atoms with Crippen LogP contribution in [0.4, 0.5) is 0 Å². The van der Waals surface area contributed by atoms with Crippen LogP contribution in [0, 0.1) is 0 Å². The Kier molecular flexibility index (Phi) is 6.62. The molecule has 0 atom stereocenters. The van der Waals surface area contributed by atoms with Gasteiger partial charge in [-0.2, -0.15) is 0 Å². The Bertz CT molecular complexity index is 3170. The molecular formula is C55H34O. The molecule has 0 N–H and O–H groups in total. The van der Waals surface area contributed by atoms with Crippen molar-refractivity contribution >= 4 is 32.3 Å². The summed E-state index contributed by atoms with van der Waals surface area (Å²) in [5.74, 6) is 1.81. The largest absolute Gasteiger partial charge is 0.456 e. The smallest absolute Gasteiger partial charge is 0.135 e. The molecule has 1 heterocycles. The van der Waals surface area contributed by atoms with Gasteiger partial charge in [0, 0.05) is 10.9 Å². The van der Waals surface area contributed by atoms with E-state index in [-0.39, 0.29) is 0 Å². The van der Waals surface area contributed by atoms with E-state index in [2.05, 4.69) is 206 Å². The van der Waals surface area contributed by atoms with Crippen LogP contribution < -0.4 is 4.74 Å². The first-order chi connectivity index (χ1) is 27.8. The molecule has 12 rings (SSSR count). The molecule has 56 heavy (non-hydrogen) atoms. The van der Waals surface area contributed by atoms with Gasteiger partial charge in [0.2, 0.25) is 0 Å². The molecular weight excluding hydrogens is 677 g/mol. The van der Waals surface area contributed by atoms with E-state index in [9.17, 15) is 0 Å². The van der Waals surface area contributed by atoms with Crippen LogP contribution in [0.25, 0.3) is 76.8 Å². The van der Waals surface area contributed by atoms with E-state index in [0.717, 1.165) is 17.1 Å². The second-order valence-corrected chi connectivity index (χ2v) is 15.2. The summed E-state index contributed by atoms with van der Waals surface area (Å²) in [6.07, 6.45) is 0. The molecule has 0 bridgehead atoms. The maximum Gasteiger partial charge on any atom is 0.135 e. The number of benzene rings is 10. The molecule has 0 unspecified atom stereocenters. The minimum absolute atomic E-state index is 0.514. The molecule has 1 heteroatoms. The highest BCUT2D eigenvalue weighted by atomic mass is 16.5. The minimum Gasteiger partial charge on any atom is -0.456 e. The Labute approximate surface area is 325 Å². The first-order valence-electron chi connectivity index (χ1n) is 19.4. The van der Waals surface area contributed by atoms with Gasteiger partial charge in [0.05, 0.1) is 5.41 Å². The molecule has 0 saturated carbocycles. The second kappa shape index (κ2) is 11.9. The molecule has 0 aromatic heterocycles. The SMILES string of the molecule is c1ccc(C2(c3ccccc3)c3ccccc3-c3c2cc2cc(-c4ccc5c(c4)-c4cccc6cccc(c46)O5)ccc2c3-c2ccc3ccccc3c2)cc1. The van der Waals surface area contributed by atoms with Gasteiger partial charge in [-0.3, -0.25) is 0 Å². The molecule has 1 aliphatic heterocycles. The first kappa shape index (κ1) is 31.2. The molecule has 0 spiro atoms. The van der Waals surface area contributed by atoms with Gasteiger partial charge in [0.15, 0.2) is 0 Å². The first-order valence-corrected chi connectivity index (χ1v) is 19.4. The molecule has 260 valence electrons. The summed E-state index contributed by atoms with van der Waals surface area (Å²) >= 11 is 0. The van der Waals surface area contributed by atoms with Crippen molar-refractivity contribution in [1.82, 2.24) is 0 Å². The topological polar surface area (TPSA) is 9.23 Å². The number of fused-ring (bicyclic) bond motifs is 7. The lowest BCUT2D eigenvalue weighted by Gasteiger charge is -2.34. The summed E-state index contributed by atoms with van der Waals surface area (Å²) in [6.45, 7) is 0. The van der Waals surface area contributed by atoms with Gasteiger partial charge in [0.1, 0.15) is 11.5 Å². The third kappa shape index (κ3) is 4.37. The summed E-state index contributed by atoms with van der Waals surface area (Å²) in [5.41, 5.74) is 14.4. The molecule has 0 saturated heterocycles. The van der Waals surface area contributed by atoms with E-state index in [1.54, 1.807) is 0 Å². The van der Waals surface area contributed by atoms with Crippen molar-refractivity contribution in [2.75, 3.05) is 0 Å². The molecule has 1 nitrogen and oxygen atoms in total. The summed E-state index contributed by atoms with van der Waals surface area (Å²) in [5, 5.41) is 7.31. The van der Waals surface area contributed by atoms with Gasteiger partial charge in [-0.15, -0.1) is 0 Å². The van der Waals surface area contributed by atoms with E-state index in [1.165, 1.54) is 93.5 Å². The zero-order valence-corrected chi connectivity index (χ0v) is 30.5. The van der Waals surface area contributed by atoms with E-state index >= 15 is 0 Å². The molecule has 10 aromatic rings. The Hall–Kier alpha value is -7.22. The molecule has 0 radical (unpaired) electrons. The van der Waals surface area contributed by atoms with Crippen LogP contribution in [-0.2, 0) is 5.41 Å². The quantitative estimate of drug-likeness (QED) is 0.177. The lowest BCUT2D eigenvalue weighted by atomic mass is 9.67. The van der Waals surface area contributed by atoms with Crippen molar-refractivity contribution < 1.29 is 4.74 Å². The molecule has 2 aliphatic rings. The van der Waals surface area contributed by atoms with Crippen LogP contribution in [0.15, 0.2) is 206 Å². The van der Waals surface area contributed by atoms with Crippen molar-refractivity contribution in [2.45, 2.75) is 5.41 Å². The van der Waals surface area contributed by atoms with Gasteiger partial charge >= 0.3 is 0 Å². The third-order valence-corrected chi connectivity index (χ3v) is 12.3. The normalized spacial score (nSPS) is 13.3. The highest BCUT2D eigenvalue weighted by Crippen LogP contribution is 2.60. The summed E-state index contributed by atoms with van der Waals surface area (Å²) < 4.78 is 6.49. The number of rotatable bonds is 4. The van der Waals surface area contributed by atoms with Crippen LogP contribution in [0.5, 0.6) is 11.5 Å². The Morgan fingerprint density at radius 3 is 1.77 bits per heavy atom. The predicted octanol–water partition coefficient (Wildman–Crippen LogP) is 14.6. The van der Waals surface area contributed by atoms with Crippen molar-refractivity contribution in [1.29, 1.82) is 0 Å². The fourth-order valence-corrected chi connectivity index (χ4v) is 9.89. The maximum atomic E-state index is 6.49. The van der Waals surface area contributed by atoms with E-state index in [0.29, 0.717) is 0 Å². The van der Waals surface area contributed by atoms with Gasteiger partial charge in [0.25, 0.3) is 0 Å². The lowest BCUT2D eigenvalue weighted by Crippen LogP contribution is -2.28. The average Bonchev–Trinajstić information content (AvgIpc) is 3.56. The molecule has 0 fully saturated rings. The summed E-state index contributed by atoms with van der Waals surface area (Å²) in [7, 11) is 0. The van der Waals surface area contributed by atoms with Gasteiger partial charge in [-0.25, -0.2) is 0 Å². The fourth-order valence-electron chi connectivity index (χ4n) is 9.89. The summed E-state index contributed by atoms with van der Waals surface area (Å²) in [4.78, 5) is 0. The Morgan fingerprint density at radius 2 is 0.946 bits per heavy atom. The predicted molar refractivity (Wildman–Crippen MR) is 233 cm³/mol. The number of hydrogen-bond donors (Lipinski definition) is 0. The zero-order chi connectivity index (χ0) is 36.8. The van der Waals surface area contributed by atoms with Crippen molar-refractivity contribution in [2.24, 2.45) is 0 Å². The Morgan fingerprint density at radius 1 is 0.321 bits per heavy atom. The van der Waals surface area contributed by atoms with E-state index in [1.807, 2.05) is 0 Å². The monoisotopic (exact) mass is 710 g/mol. The van der Waals surface area contributed by atoms with Crippen LogP contribution in [-0.4, -0.2) is 0 Å². The lowest BCUT2D eigenvalue weighted by molar-refractivity contribution is 0.487. The van der Waals surface area contributed by atoms with Crippen molar-refractivity contribution in [3.05, 3.63) is 229 Å². The number of ether oxygens (including phenoxy) is 1. The highest BCUT2D eigenvalue weighted by molar-refractivity contribution is 6.11. The zero-order valence-electron chi connectivity index (χ0n) is 30.5. The van der Waals surface area contributed by atoms with Crippen LogP contribution in [0.1, 0.15) is 22.3 Å². The van der Waals surface area contributed by atoms with Crippen molar-refractivity contribution in [3.63, 3.8) is 0 Å². The number of hydrogen-bond acceptors (Lipinski definition) is 1. The van der Waals surface area contributed by atoms with Crippen LogP contribution in [0.3, 0.4) is 0 Å². The van der Waals surface area contributed by atoms with Gasteiger partial charge in [-0.1, -0.05) is 170 Å². The highest BCUT2D eigenvalue weighted by Gasteiger charge is 2.47. The fraction of sp³-hybridized carbons (Fsp3) is 0.0182. The molecule has 10 aromatic carbocycles. The average molecular weight is 711 g/mol. The third-order valence-electron chi connectivity index (χ3n) is 12.3. The molecule has 0 amide bonds. The van der Waals surface area contributed by atoms with E-state index in [4.69, 9.17) is 4.74 Å². The van der Waals surface area contributed by atoms with E-state index < -0.39 is 5.41 Å². The van der Waals surface area contributed by atoms with Crippen LogP contribution >= 0.6 is 0 Å². The Balaban J connectivity index is 1.16. The van der Waals surface area contributed by atoms with Crippen molar-refractivity contribution in [3.8, 4) is 56.0 Å². The van der Waals surface area contributed by atoms with Gasteiger partial charge < -0.3 is 4.74 Å². The second-order valence-electron chi connectivity index (χ2n) is 15.2. The molecule has 1 aliphatic carbocycles. The van der Waals surface area contributed by atoms with Gasteiger partial charge in [-0.05, 0) is 125 Å².